The highest BCUT2D eigenvalue weighted by molar-refractivity contribution is 5.97. The third-order valence-electron chi connectivity index (χ3n) is 6.80. The van der Waals surface area contributed by atoms with Crippen molar-refractivity contribution in [3.8, 4) is 11.1 Å². The maximum atomic E-state index is 13.0. The van der Waals surface area contributed by atoms with Crippen LogP contribution < -0.4 is 5.32 Å². The Balaban J connectivity index is 1.32. The predicted octanol–water partition coefficient (Wildman–Crippen LogP) is 3.98. The number of nitrogens with zero attached hydrogens (tertiary/aromatic N) is 3. The number of pyridine rings is 2. The van der Waals surface area contributed by atoms with Gasteiger partial charge in [0.2, 0.25) is 0 Å². The van der Waals surface area contributed by atoms with E-state index in [9.17, 15) is 4.79 Å². The molecule has 150 valence electrons. The van der Waals surface area contributed by atoms with E-state index in [1.54, 1.807) is 6.20 Å². The average molecular weight is 396 g/mol. The van der Waals surface area contributed by atoms with Crippen molar-refractivity contribution in [1.82, 2.24) is 19.6 Å². The largest absolute Gasteiger partial charge is 0.348 e. The van der Waals surface area contributed by atoms with Crippen molar-refractivity contribution in [3.63, 3.8) is 0 Å². The van der Waals surface area contributed by atoms with E-state index >= 15 is 0 Å². The molecule has 5 heteroatoms. The molecule has 3 fully saturated rings. The zero-order valence-corrected chi connectivity index (χ0v) is 16.8. The molecule has 7 rings (SSSR count). The van der Waals surface area contributed by atoms with Gasteiger partial charge in [-0.15, -0.1) is 0 Å². The van der Waals surface area contributed by atoms with Crippen LogP contribution in [0.5, 0.6) is 0 Å². The Bertz CT molecular complexity index is 1240. The Labute approximate surface area is 175 Å². The average Bonchev–Trinajstić information content (AvgIpc) is 3.25. The minimum absolute atomic E-state index is 0.0394. The number of aromatic nitrogens is 2. The number of benzene rings is 1. The van der Waals surface area contributed by atoms with E-state index in [1.165, 1.54) is 25.9 Å². The fraction of sp³-hybridized carbons (Fsp3) is 0.280. The van der Waals surface area contributed by atoms with Crippen molar-refractivity contribution in [2.45, 2.75) is 18.9 Å². The summed E-state index contributed by atoms with van der Waals surface area (Å²) in [4.78, 5) is 19.7. The smallest absolute Gasteiger partial charge is 0.253 e. The van der Waals surface area contributed by atoms with E-state index in [-0.39, 0.29) is 11.9 Å². The summed E-state index contributed by atoms with van der Waals surface area (Å²) in [5.74, 6) is 0.667. The molecular weight excluding hydrogens is 372 g/mol. The van der Waals surface area contributed by atoms with Gasteiger partial charge >= 0.3 is 0 Å². The second kappa shape index (κ2) is 6.96. The van der Waals surface area contributed by atoms with Gasteiger partial charge in [0.25, 0.3) is 5.91 Å². The molecule has 5 nitrogen and oxygen atoms in total. The van der Waals surface area contributed by atoms with Crippen molar-refractivity contribution >= 4 is 22.3 Å². The lowest BCUT2D eigenvalue weighted by atomic mass is 9.84. The topological polar surface area (TPSA) is 49.6 Å². The number of fused-ring (bicyclic) bond motifs is 6. The summed E-state index contributed by atoms with van der Waals surface area (Å²) in [6.07, 6.45) is 8.04. The molecule has 1 amide bonds. The number of amides is 1. The van der Waals surface area contributed by atoms with Gasteiger partial charge in [-0.05, 0) is 73.1 Å². The molecule has 6 heterocycles. The van der Waals surface area contributed by atoms with E-state index in [0.717, 1.165) is 39.7 Å². The lowest BCUT2D eigenvalue weighted by molar-refractivity contribution is 0.0620. The number of carbonyl (C=O) groups is 1. The predicted molar refractivity (Wildman–Crippen MR) is 119 cm³/mol. The molecule has 3 aliphatic rings. The molecule has 1 atom stereocenters. The van der Waals surface area contributed by atoms with Gasteiger partial charge in [0.1, 0.15) is 0 Å². The maximum Gasteiger partial charge on any atom is 0.253 e. The number of carbonyl (C=O) groups excluding carboxylic acids is 1. The Morgan fingerprint density at radius 1 is 1.03 bits per heavy atom. The SMILES string of the molecule is O=C(N[C@H]1CN2CCC1CC2)c1cc2ccc3cc(-c4cccnc4)ccc3n2c1. The van der Waals surface area contributed by atoms with Crippen LogP contribution in [0.25, 0.3) is 27.5 Å². The summed E-state index contributed by atoms with van der Waals surface area (Å²) >= 11 is 0. The van der Waals surface area contributed by atoms with Crippen LogP contribution in [0, 0.1) is 5.92 Å². The van der Waals surface area contributed by atoms with Gasteiger partial charge in [-0.25, -0.2) is 0 Å². The van der Waals surface area contributed by atoms with E-state index < -0.39 is 0 Å². The Hall–Kier alpha value is -3.18. The van der Waals surface area contributed by atoms with Gasteiger partial charge in [-0.2, -0.15) is 0 Å². The summed E-state index contributed by atoms with van der Waals surface area (Å²) in [6, 6.07) is 16.9. The number of hydrogen-bond acceptors (Lipinski definition) is 3. The molecule has 4 aromatic rings. The van der Waals surface area contributed by atoms with Crippen LogP contribution in [0.15, 0.2) is 67.1 Å². The quantitative estimate of drug-likeness (QED) is 0.570. The van der Waals surface area contributed by atoms with E-state index in [4.69, 9.17) is 0 Å². The second-order valence-electron chi connectivity index (χ2n) is 8.59. The van der Waals surface area contributed by atoms with Crippen LogP contribution in [0.2, 0.25) is 0 Å². The third kappa shape index (κ3) is 2.97. The first kappa shape index (κ1) is 17.7. The zero-order valence-electron chi connectivity index (χ0n) is 16.8. The molecule has 1 aromatic carbocycles. The van der Waals surface area contributed by atoms with Crippen LogP contribution >= 0.6 is 0 Å². The van der Waals surface area contributed by atoms with Gasteiger partial charge in [-0.3, -0.25) is 9.78 Å². The fourth-order valence-electron chi connectivity index (χ4n) is 5.12. The van der Waals surface area contributed by atoms with Gasteiger partial charge in [0.05, 0.1) is 11.1 Å². The molecule has 0 spiro atoms. The Kier molecular flexibility index (Phi) is 4.09. The highest BCUT2D eigenvalue weighted by atomic mass is 16.1. The molecule has 3 saturated heterocycles. The normalized spacial score (nSPS) is 23.1. The van der Waals surface area contributed by atoms with Crippen molar-refractivity contribution < 1.29 is 4.79 Å². The zero-order chi connectivity index (χ0) is 20.1. The summed E-state index contributed by atoms with van der Waals surface area (Å²) in [5, 5.41) is 4.45. The minimum Gasteiger partial charge on any atom is -0.348 e. The van der Waals surface area contributed by atoms with Crippen molar-refractivity contribution in [2.75, 3.05) is 19.6 Å². The lowest BCUT2D eigenvalue weighted by Crippen LogP contribution is -2.57. The van der Waals surface area contributed by atoms with Gasteiger partial charge in [0.15, 0.2) is 0 Å². The van der Waals surface area contributed by atoms with Crippen molar-refractivity contribution in [1.29, 1.82) is 0 Å². The molecular formula is C25H24N4O. The lowest BCUT2D eigenvalue weighted by Gasteiger charge is -2.44. The van der Waals surface area contributed by atoms with E-state index in [1.807, 2.05) is 24.5 Å². The highest BCUT2D eigenvalue weighted by Crippen LogP contribution is 2.29. The molecule has 0 radical (unpaired) electrons. The number of hydrogen-bond donors (Lipinski definition) is 1. The molecule has 3 aromatic heterocycles. The first-order valence-corrected chi connectivity index (χ1v) is 10.7. The first-order valence-electron chi connectivity index (χ1n) is 10.7. The molecule has 3 aliphatic heterocycles. The molecule has 30 heavy (non-hydrogen) atoms. The summed E-state index contributed by atoms with van der Waals surface area (Å²) < 4.78 is 2.12. The molecule has 2 bridgehead atoms. The maximum absolute atomic E-state index is 13.0. The van der Waals surface area contributed by atoms with Crippen LogP contribution in [-0.4, -0.2) is 45.9 Å². The van der Waals surface area contributed by atoms with Crippen LogP contribution in [0.4, 0.5) is 0 Å². The van der Waals surface area contributed by atoms with Gasteiger partial charge in [0, 0.05) is 42.3 Å². The number of nitrogens with one attached hydrogen (secondary N) is 1. The van der Waals surface area contributed by atoms with Gasteiger partial charge < -0.3 is 14.6 Å². The van der Waals surface area contributed by atoms with Crippen LogP contribution in [-0.2, 0) is 0 Å². The summed E-state index contributed by atoms with van der Waals surface area (Å²) in [6.45, 7) is 3.35. The van der Waals surface area contributed by atoms with Crippen molar-refractivity contribution in [3.05, 3.63) is 72.7 Å². The van der Waals surface area contributed by atoms with E-state index in [2.05, 4.69) is 56.0 Å². The number of piperidine rings is 3. The van der Waals surface area contributed by atoms with Gasteiger partial charge in [-0.1, -0.05) is 18.2 Å². The number of rotatable bonds is 3. The fourth-order valence-corrected chi connectivity index (χ4v) is 5.12. The van der Waals surface area contributed by atoms with Crippen LogP contribution in [0.1, 0.15) is 23.2 Å². The Morgan fingerprint density at radius 3 is 2.70 bits per heavy atom. The first-order chi connectivity index (χ1) is 14.7. The third-order valence-corrected chi connectivity index (χ3v) is 6.80. The van der Waals surface area contributed by atoms with Crippen molar-refractivity contribution in [2.24, 2.45) is 5.92 Å². The highest BCUT2D eigenvalue weighted by Gasteiger charge is 2.35. The van der Waals surface area contributed by atoms with Crippen LogP contribution in [0.3, 0.4) is 0 Å². The summed E-state index contributed by atoms with van der Waals surface area (Å²) in [5.41, 5.74) is 5.11. The molecule has 1 N–H and O–H groups in total. The molecule has 0 saturated carbocycles. The minimum atomic E-state index is 0.0394. The standard InChI is InChI=1S/C25H24N4O/c30-25(27-23-16-28-10-7-17(23)8-11-28)21-13-22-5-3-19-12-18(20-2-1-9-26-14-20)4-6-24(19)29(22)15-21/h1-6,9,12-15,17,23H,7-8,10-11,16H2,(H,27,30)/t23-/m0/s1. The monoisotopic (exact) mass is 396 g/mol. The molecule has 0 aliphatic carbocycles. The Morgan fingerprint density at radius 2 is 1.93 bits per heavy atom. The summed E-state index contributed by atoms with van der Waals surface area (Å²) in [7, 11) is 0. The second-order valence-corrected chi connectivity index (χ2v) is 8.59. The molecule has 0 unspecified atom stereocenters. The van der Waals surface area contributed by atoms with E-state index in [0.29, 0.717) is 5.92 Å².